The van der Waals surface area contributed by atoms with E-state index in [0.717, 1.165) is 32.4 Å². The van der Waals surface area contributed by atoms with Crippen LogP contribution in [0.15, 0.2) is 0 Å². The molecule has 3 nitrogen and oxygen atoms in total. The van der Waals surface area contributed by atoms with Gasteiger partial charge in [-0.1, -0.05) is 13.3 Å². The third kappa shape index (κ3) is 2.94. The molecule has 0 aliphatic carbocycles. The minimum atomic E-state index is -0.0244. The zero-order chi connectivity index (χ0) is 11.5. The molecule has 1 rings (SSSR count). The Morgan fingerprint density at radius 1 is 1.53 bits per heavy atom. The Morgan fingerprint density at radius 2 is 2.20 bits per heavy atom. The molecule has 1 fully saturated rings. The predicted octanol–water partition coefficient (Wildman–Crippen LogP) is 1.78. The number of carbonyl (C=O) groups is 1. The molecular formula is C12H24N2O. The van der Waals surface area contributed by atoms with Gasteiger partial charge in [0.15, 0.2) is 0 Å². The number of carbonyl (C=O) groups excluding carboxylic acids is 1. The molecule has 0 saturated carbocycles. The van der Waals surface area contributed by atoms with Gasteiger partial charge in [-0.25, -0.2) is 0 Å². The zero-order valence-electron chi connectivity index (χ0n) is 10.5. The fraction of sp³-hybridized carbons (Fsp3) is 0.917. The molecule has 1 aliphatic heterocycles. The van der Waals surface area contributed by atoms with E-state index in [2.05, 4.69) is 31.0 Å². The first-order valence-electron chi connectivity index (χ1n) is 6.04. The molecule has 1 heterocycles. The minimum absolute atomic E-state index is 0.00398. The number of unbranched alkanes of at least 4 members (excludes halogenated alkanes) is 1. The van der Waals surface area contributed by atoms with Crippen molar-refractivity contribution < 1.29 is 4.79 Å². The van der Waals surface area contributed by atoms with Crippen LogP contribution in [0, 0.1) is 0 Å². The maximum atomic E-state index is 12.1. The predicted molar refractivity (Wildman–Crippen MR) is 62.8 cm³/mol. The number of nitrogens with one attached hydrogen (secondary N) is 1. The van der Waals surface area contributed by atoms with E-state index in [0.29, 0.717) is 0 Å². The van der Waals surface area contributed by atoms with Gasteiger partial charge in [0.1, 0.15) is 0 Å². The summed E-state index contributed by atoms with van der Waals surface area (Å²) in [6, 6.07) is -0.0244. The largest absolute Gasteiger partial charge is 0.336 e. The number of rotatable bonds is 3. The van der Waals surface area contributed by atoms with Crippen molar-refractivity contribution in [1.82, 2.24) is 10.2 Å². The van der Waals surface area contributed by atoms with Crippen molar-refractivity contribution in [3.8, 4) is 0 Å². The maximum Gasteiger partial charge on any atom is 0.239 e. The third-order valence-electron chi connectivity index (χ3n) is 3.29. The highest BCUT2D eigenvalue weighted by molar-refractivity contribution is 5.82. The van der Waals surface area contributed by atoms with Crippen LogP contribution in [-0.4, -0.2) is 35.5 Å². The van der Waals surface area contributed by atoms with Crippen molar-refractivity contribution in [3.63, 3.8) is 0 Å². The Kier molecular flexibility index (Phi) is 4.14. The number of amides is 1. The van der Waals surface area contributed by atoms with Gasteiger partial charge in [0.05, 0.1) is 6.04 Å². The molecule has 1 atom stereocenters. The van der Waals surface area contributed by atoms with Crippen LogP contribution in [0.1, 0.15) is 47.0 Å². The first-order valence-corrected chi connectivity index (χ1v) is 6.04. The van der Waals surface area contributed by atoms with Gasteiger partial charge < -0.3 is 10.2 Å². The van der Waals surface area contributed by atoms with Crippen molar-refractivity contribution in [2.45, 2.75) is 58.5 Å². The van der Waals surface area contributed by atoms with Gasteiger partial charge >= 0.3 is 0 Å². The average Bonchev–Trinajstić information content (AvgIpc) is 2.24. The van der Waals surface area contributed by atoms with E-state index >= 15 is 0 Å². The van der Waals surface area contributed by atoms with Gasteiger partial charge in [-0.3, -0.25) is 4.79 Å². The summed E-state index contributed by atoms with van der Waals surface area (Å²) in [5, 5.41) is 3.27. The maximum absolute atomic E-state index is 12.1. The molecule has 0 spiro atoms. The van der Waals surface area contributed by atoms with Gasteiger partial charge in [-0.15, -0.1) is 0 Å². The van der Waals surface area contributed by atoms with Crippen molar-refractivity contribution >= 4 is 5.91 Å². The van der Waals surface area contributed by atoms with Crippen LogP contribution in [0.25, 0.3) is 0 Å². The van der Waals surface area contributed by atoms with Crippen LogP contribution in [0.4, 0.5) is 0 Å². The van der Waals surface area contributed by atoms with E-state index in [9.17, 15) is 4.79 Å². The standard InChI is InChI=1S/C12H24N2O/c1-5-6-9-14-11(15)10(2)13-8-7-12(14,3)4/h10,13H,5-9H2,1-4H3. The van der Waals surface area contributed by atoms with Crippen molar-refractivity contribution in [2.75, 3.05) is 13.1 Å². The molecule has 88 valence electrons. The van der Waals surface area contributed by atoms with Crippen LogP contribution < -0.4 is 5.32 Å². The van der Waals surface area contributed by atoms with Gasteiger partial charge in [0.2, 0.25) is 5.91 Å². The van der Waals surface area contributed by atoms with Gasteiger partial charge in [0.25, 0.3) is 0 Å². The molecule has 0 aromatic heterocycles. The SMILES string of the molecule is CCCCN1C(=O)C(C)NCCC1(C)C. The Labute approximate surface area is 93.2 Å². The molecule has 0 aromatic rings. The Morgan fingerprint density at radius 3 is 2.80 bits per heavy atom. The van der Waals surface area contributed by atoms with Gasteiger partial charge in [-0.2, -0.15) is 0 Å². The summed E-state index contributed by atoms with van der Waals surface area (Å²) in [6.45, 7) is 10.3. The second-order valence-corrected chi connectivity index (χ2v) is 5.08. The van der Waals surface area contributed by atoms with Crippen molar-refractivity contribution in [1.29, 1.82) is 0 Å². The number of hydrogen-bond donors (Lipinski definition) is 1. The van der Waals surface area contributed by atoms with Crippen LogP contribution in [0.3, 0.4) is 0 Å². The summed E-state index contributed by atoms with van der Waals surface area (Å²) in [6.07, 6.45) is 3.27. The van der Waals surface area contributed by atoms with Crippen molar-refractivity contribution in [2.24, 2.45) is 0 Å². The smallest absolute Gasteiger partial charge is 0.239 e. The highest BCUT2D eigenvalue weighted by Crippen LogP contribution is 2.22. The monoisotopic (exact) mass is 212 g/mol. The van der Waals surface area contributed by atoms with E-state index in [1.165, 1.54) is 0 Å². The summed E-state index contributed by atoms with van der Waals surface area (Å²) in [5.74, 6) is 0.256. The first-order chi connectivity index (χ1) is 6.99. The highest BCUT2D eigenvalue weighted by atomic mass is 16.2. The van der Waals surface area contributed by atoms with Crippen LogP contribution in [0.2, 0.25) is 0 Å². The number of nitrogens with zero attached hydrogens (tertiary/aromatic N) is 1. The molecule has 1 aliphatic rings. The first kappa shape index (κ1) is 12.5. The van der Waals surface area contributed by atoms with Crippen LogP contribution in [-0.2, 0) is 4.79 Å². The second-order valence-electron chi connectivity index (χ2n) is 5.08. The molecule has 0 bridgehead atoms. The van der Waals surface area contributed by atoms with Gasteiger partial charge in [0, 0.05) is 12.1 Å². The molecule has 1 unspecified atom stereocenters. The fourth-order valence-electron chi connectivity index (χ4n) is 2.08. The molecule has 1 amide bonds. The number of hydrogen-bond acceptors (Lipinski definition) is 2. The molecule has 1 N–H and O–H groups in total. The van der Waals surface area contributed by atoms with Crippen LogP contribution in [0.5, 0.6) is 0 Å². The Hall–Kier alpha value is -0.570. The summed E-state index contributed by atoms with van der Waals surface area (Å²) < 4.78 is 0. The molecule has 0 radical (unpaired) electrons. The minimum Gasteiger partial charge on any atom is -0.336 e. The lowest BCUT2D eigenvalue weighted by Crippen LogP contribution is -2.50. The lowest BCUT2D eigenvalue weighted by molar-refractivity contribution is -0.137. The molecule has 1 saturated heterocycles. The van der Waals surface area contributed by atoms with Crippen LogP contribution >= 0.6 is 0 Å². The normalized spacial score (nSPS) is 26.5. The Balaban J connectivity index is 2.76. The highest BCUT2D eigenvalue weighted by Gasteiger charge is 2.35. The molecule has 15 heavy (non-hydrogen) atoms. The summed E-state index contributed by atoms with van der Waals surface area (Å²) in [7, 11) is 0. The van der Waals surface area contributed by atoms with E-state index in [4.69, 9.17) is 0 Å². The summed E-state index contributed by atoms with van der Waals surface area (Å²) >= 11 is 0. The Bertz CT molecular complexity index is 226. The average molecular weight is 212 g/mol. The lowest BCUT2D eigenvalue weighted by Gasteiger charge is -2.37. The quantitative estimate of drug-likeness (QED) is 0.773. The molecule has 3 heteroatoms. The molecule has 0 aromatic carbocycles. The second kappa shape index (κ2) is 4.97. The van der Waals surface area contributed by atoms with E-state index in [1.54, 1.807) is 0 Å². The lowest BCUT2D eigenvalue weighted by atomic mass is 9.98. The molecular weight excluding hydrogens is 188 g/mol. The van der Waals surface area contributed by atoms with E-state index in [1.807, 2.05) is 6.92 Å². The summed E-state index contributed by atoms with van der Waals surface area (Å²) in [5.41, 5.74) is 0.00398. The fourth-order valence-corrected chi connectivity index (χ4v) is 2.08. The van der Waals surface area contributed by atoms with Crippen molar-refractivity contribution in [3.05, 3.63) is 0 Å². The topological polar surface area (TPSA) is 32.3 Å². The third-order valence-corrected chi connectivity index (χ3v) is 3.29. The van der Waals surface area contributed by atoms with Gasteiger partial charge in [-0.05, 0) is 40.2 Å². The van der Waals surface area contributed by atoms with E-state index < -0.39 is 0 Å². The zero-order valence-corrected chi connectivity index (χ0v) is 10.5. The van der Waals surface area contributed by atoms with E-state index in [-0.39, 0.29) is 17.5 Å². The summed E-state index contributed by atoms with van der Waals surface area (Å²) in [4.78, 5) is 14.2.